The Morgan fingerprint density at radius 3 is 2.54 bits per heavy atom. The van der Waals surface area contributed by atoms with Crippen LogP contribution in [0.15, 0.2) is 54.9 Å². The lowest BCUT2D eigenvalue weighted by atomic mass is 9.85. The highest BCUT2D eigenvalue weighted by molar-refractivity contribution is 6.08. The molecule has 0 aliphatic heterocycles. The number of esters is 1. The third kappa shape index (κ3) is 3.72. The lowest BCUT2D eigenvalue weighted by Gasteiger charge is -2.19. The van der Waals surface area contributed by atoms with Crippen molar-refractivity contribution in [1.29, 1.82) is 0 Å². The lowest BCUT2D eigenvalue weighted by Crippen LogP contribution is -2.25. The summed E-state index contributed by atoms with van der Waals surface area (Å²) in [7, 11) is 0. The lowest BCUT2D eigenvalue weighted by molar-refractivity contribution is -0.148. The summed E-state index contributed by atoms with van der Waals surface area (Å²) in [5.74, 6) is -0.817. The van der Waals surface area contributed by atoms with Gasteiger partial charge in [0.05, 0.1) is 23.9 Å². The van der Waals surface area contributed by atoms with E-state index in [1.165, 1.54) is 0 Å². The molecule has 3 rings (SSSR count). The van der Waals surface area contributed by atoms with Crippen molar-refractivity contribution in [3.63, 3.8) is 0 Å². The van der Waals surface area contributed by atoms with E-state index in [2.05, 4.69) is 16.5 Å². The molecule has 5 nitrogen and oxygen atoms in total. The van der Waals surface area contributed by atoms with Gasteiger partial charge in [-0.25, -0.2) is 0 Å². The Bertz CT molecular complexity index is 800. The second kappa shape index (κ2) is 8.04. The zero-order valence-electron chi connectivity index (χ0n) is 14.9. The fraction of sp³-hybridized carbons (Fsp3) is 0.333. The summed E-state index contributed by atoms with van der Waals surface area (Å²) in [4.78, 5) is 33.5. The molecule has 2 atom stereocenters. The molecule has 1 fully saturated rings. The zero-order valence-corrected chi connectivity index (χ0v) is 14.9. The number of carbonyl (C=O) groups excluding carboxylic acids is 2. The van der Waals surface area contributed by atoms with Crippen LogP contribution in [0.4, 0.5) is 0 Å². The molecule has 1 saturated carbocycles. The van der Waals surface area contributed by atoms with E-state index in [0.29, 0.717) is 23.4 Å². The average molecular weight is 350 g/mol. The Kier molecular flexibility index (Phi) is 5.56. The summed E-state index contributed by atoms with van der Waals surface area (Å²) in [6, 6.07) is 9.11. The molecule has 0 N–H and O–H groups in total. The van der Waals surface area contributed by atoms with E-state index < -0.39 is 0 Å². The van der Waals surface area contributed by atoms with Crippen LogP contribution in [0, 0.1) is 11.8 Å². The molecule has 0 spiro atoms. The number of ketones is 1. The summed E-state index contributed by atoms with van der Waals surface area (Å²) in [5, 5.41) is 0. The van der Waals surface area contributed by atoms with Crippen molar-refractivity contribution in [1.82, 2.24) is 9.97 Å². The molecule has 0 amide bonds. The molecule has 2 aromatic rings. The van der Waals surface area contributed by atoms with Gasteiger partial charge in [-0.05, 0) is 49.6 Å². The molecule has 0 bridgehead atoms. The topological polar surface area (TPSA) is 69.2 Å². The Labute approximate surface area is 153 Å². The molecule has 1 aliphatic rings. The van der Waals surface area contributed by atoms with Gasteiger partial charge in [-0.1, -0.05) is 19.1 Å². The summed E-state index contributed by atoms with van der Waals surface area (Å²) >= 11 is 0. The Morgan fingerprint density at radius 1 is 1.12 bits per heavy atom. The summed E-state index contributed by atoms with van der Waals surface area (Å²) in [6.45, 7) is 6.13. The number of Topliss-reactive ketones (excluding diaryl/α,β-unsaturated/α-hetero) is 1. The third-order valence-electron chi connectivity index (χ3n) is 4.80. The molecule has 1 aliphatic carbocycles. The first-order chi connectivity index (χ1) is 12.6. The quantitative estimate of drug-likeness (QED) is 0.449. The molecule has 2 aromatic heterocycles. The van der Waals surface area contributed by atoms with Gasteiger partial charge in [0.15, 0.2) is 5.78 Å². The maximum Gasteiger partial charge on any atom is 0.309 e. The van der Waals surface area contributed by atoms with E-state index in [9.17, 15) is 9.59 Å². The third-order valence-corrected chi connectivity index (χ3v) is 4.80. The van der Waals surface area contributed by atoms with E-state index in [1.54, 1.807) is 31.5 Å². The van der Waals surface area contributed by atoms with Gasteiger partial charge in [0.2, 0.25) is 0 Å². The molecule has 0 saturated heterocycles. The van der Waals surface area contributed by atoms with Crippen LogP contribution in [0.2, 0.25) is 0 Å². The summed E-state index contributed by atoms with van der Waals surface area (Å²) < 4.78 is 5.15. The maximum absolute atomic E-state index is 12.8. The zero-order chi connectivity index (χ0) is 18.5. The van der Waals surface area contributed by atoms with Crippen LogP contribution >= 0.6 is 0 Å². The number of hydrogen-bond donors (Lipinski definition) is 0. The number of aromatic nitrogens is 2. The van der Waals surface area contributed by atoms with E-state index in [4.69, 9.17) is 4.74 Å². The van der Waals surface area contributed by atoms with Crippen LogP contribution in [0.25, 0.3) is 11.4 Å². The van der Waals surface area contributed by atoms with Crippen LogP contribution in [-0.4, -0.2) is 28.3 Å². The average Bonchev–Trinajstić information content (AvgIpc) is 3.18. The van der Waals surface area contributed by atoms with Gasteiger partial charge >= 0.3 is 5.97 Å². The van der Waals surface area contributed by atoms with Gasteiger partial charge in [0.25, 0.3) is 0 Å². The fourth-order valence-electron chi connectivity index (χ4n) is 3.46. The first-order valence-electron chi connectivity index (χ1n) is 8.89. The van der Waals surface area contributed by atoms with Crippen LogP contribution in [0.1, 0.15) is 36.5 Å². The Morgan fingerprint density at radius 2 is 1.88 bits per heavy atom. The first kappa shape index (κ1) is 18.0. The highest BCUT2D eigenvalue weighted by Crippen LogP contribution is 2.38. The van der Waals surface area contributed by atoms with Crippen molar-refractivity contribution in [2.45, 2.75) is 26.2 Å². The van der Waals surface area contributed by atoms with Gasteiger partial charge in [-0.2, -0.15) is 0 Å². The van der Waals surface area contributed by atoms with Crippen LogP contribution in [0.5, 0.6) is 0 Å². The molecule has 0 radical (unpaired) electrons. The van der Waals surface area contributed by atoms with Gasteiger partial charge in [0.1, 0.15) is 0 Å². The highest BCUT2D eigenvalue weighted by atomic mass is 16.5. The van der Waals surface area contributed by atoms with E-state index in [0.717, 1.165) is 25.0 Å². The van der Waals surface area contributed by atoms with Crippen molar-refractivity contribution in [3.05, 3.63) is 60.4 Å². The number of nitrogens with zero attached hydrogens (tertiary/aromatic N) is 2. The molecule has 0 aromatic carbocycles. The van der Waals surface area contributed by atoms with Gasteiger partial charge < -0.3 is 4.74 Å². The second-order valence-electron chi connectivity index (χ2n) is 6.40. The normalized spacial score (nSPS) is 19.1. The smallest absolute Gasteiger partial charge is 0.309 e. The second-order valence-corrected chi connectivity index (χ2v) is 6.40. The van der Waals surface area contributed by atoms with Crippen molar-refractivity contribution in [2.24, 2.45) is 11.8 Å². The van der Waals surface area contributed by atoms with E-state index in [-0.39, 0.29) is 23.6 Å². The van der Waals surface area contributed by atoms with Crippen molar-refractivity contribution in [2.75, 3.05) is 6.61 Å². The highest BCUT2D eigenvalue weighted by Gasteiger charge is 2.37. The molecule has 5 heteroatoms. The van der Waals surface area contributed by atoms with Crippen LogP contribution in [-0.2, 0) is 9.53 Å². The van der Waals surface area contributed by atoms with Crippen molar-refractivity contribution < 1.29 is 14.3 Å². The molecular weight excluding hydrogens is 328 g/mol. The molecule has 2 heterocycles. The minimum atomic E-state index is -0.271. The SMILES string of the molecule is C=C(C(=O)c1ccc(-c2ccccn2)nc1)C1CCC[C@@H]1C(=O)OCC. The number of pyridine rings is 2. The van der Waals surface area contributed by atoms with Crippen molar-refractivity contribution in [3.8, 4) is 11.4 Å². The van der Waals surface area contributed by atoms with Gasteiger partial charge in [0, 0.05) is 23.9 Å². The first-order valence-corrected chi connectivity index (χ1v) is 8.89. The number of hydrogen-bond acceptors (Lipinski definition) is 5. The minimum absolute atomic E-state index is 0.156. The van der Waals surface area contributed by atoms with E-state index in [1.807, 2.05) is 18.2 Å². The monoisotopic (exact) mass is 350 g/mol. The van der Waals surface area contributed by atoms with Crippen LogP contribution < -0.4 is 0 Å². The number of rotatable bonds is 6. The molecule has 134 valence electrons. The summed E-state index contributed by atoms with van der Waals surface area (Å²) in [6.07, 6.45) is 5.68. The predicted octanol–water partition coefficient (Wildman–Crippen LogP) is 3.86. The largest absolute Gasteiger partial charge is 0.466 e. The van der Waals surface area contributed by atoms with Gasteiger partial charge in [-0.15, -0.1) is 0 Å². The van der Waals surface area contributed by atoms with Crippen molar-refractivity contribution >= 4 is 11.8 Å². The summed E-state index contributed by atoms with van der Waals surface area (Å²) in [5.41, 5.74) is 2.40. The van der Waals surface area contributed by atoms with Gasteiger partial charge in [-0.3, -0.25) is 19.6 Å². The Hall–Kier alpha value is -2.82. The number of carbonyl (C=O) groups is 2. The maximum atomic E-state index is 12.8. The molecular formula is C21H22N2O3. The molecule has 1 unspecified atom stereocenters. The predicted molar refractivity (Wildman–Crippen MR) is 98.4 cm³/mol. The number of allylic oxidation sites excluding steroid dienone is 1. The number of ether oxygens (including phenoxy) is 1. The molecule has 26 heavy (non-hydrogen) atoms. The van der Waals surface area contributed by atoms with Crippen LogP contribution in [0.3, 0.4) is 0 Å². The minimum Gasteiger partial charge on any atom is -0.466 e. The van der Waals surface area contributed by atoms with E-state index >= 15 is 0 Å². The standard InChI is InChI=1S/C21H22N2O3/c1-3-26-21(25)17-8-6-7-16(17)14(2)20(24)15-10-11-19(23-13-15)18-9-4-5-12-22-18/h4-5,9-13,16-17H,2-3,6-8H2,1H3/t16?,17-/m0/s1. The Balaban J connectivity index is 1.74. The fourth-order valence-corrected chi connectivity index (χ4v) is 3.46.